The van der Waals surface area contributed by atoms with Crippen molar-refractivity contribution in [3.8, 4) is 17.1 Å². The fraction of sp³-hybridized carbons (Fsp3) is 0.214. The van der Waals surface area contributed by atoms with Crippen molar-refractivity contribution in [2.75, 3.05) is 12.8 Å². The number of nitrogens with zero attached hydrogens (tertiary/aromatic N) is 3. The number of hydrogen-bond acceptors (Lipinski definition) is 3. The van der Waals surface area contributed by atoms with Gasteiger partial charge in [0.2, 0.25) is 0 Å². The van der Waals surface area contributed by atoms with Crippen LogP contribution in [0, 0.1) is 0 Å². The molecule has 0 saturated heterocycles. The van der Waals surface area contributed by atoms with Crippen LogP contribution in [0.4, 0.5) is 5.82 Å². The van der Waals surface area contributed by atoms with Crippen LogP contribution in [0.15, 0.2) is 30.3 Å². The summed E-state index contributed by atoms with van der Waals surface area (Å²) in [7, 11) is 5.53. The van der Waals surface area contributed by atoms with E-state index in [1.807, 2.05) is 32.3 Å². The van der Waals surface area contributed by atoms with Gasteiger partial charge in [-0.3, -0.25) is 4.68 Å². The van der Waals surface area contributed by atoms with Crippen molar-refractivity contribution in [1.82, 2.24) is 14.3 Å². The van der Waals surface area contributed by atoms with Gasteiger partial charge in [-0.1, -0.05) is 6.07 Å². The molecule has 0 bridgehead atoms. The van der Waals surface area contributed by atoms with E-state index in [2.05, 4.69) is 21.8 Å². The highest BCUT2D eigenvalue weighted by atomic mass is 16.5. The molecule has 3 rings (SSSR count). The molecule has 0 aliphatic carbocycles. The third kappa shape index (κ3) is 1.66. The minimum Gasteiger partial charge on any atom is -0.496 e. The van der Waals surface area contributed by atoms with Crippen LogP contribution in [0.2, 0.25) is 0 Å². The van der Waals surface area contributed by atoms with Crippen LogP contribution in [0.3, 0.4) is 0 Å². The van der Waals surface area contributed by atoms with E-state index in [9.17, 15) is 0 Å². The lowest BCUT2D eigenvalue weighted by molar-refractivity contribution is 0.420. The topological polar surface area (TPSA) is 58.0 Å². The molecule has 0 aliphatic rings. The number of benzene rings is 1. The molecule has 19 heavy (non-hydrogen) atoms. The molecule has 0 unspecified atom stereocenters. The maximum Gasteiger partial charge on any atom is 0.128 e. The van der Waals surface area contributed by atoms with Gasteiger partial charge in [-0.2, -0.15) is 5.10 Å². The molecule has 0 saturated carbocycles. The van der Waals surface area contributed by atoms with E-state index in [-0.39, 0.29) is 0 Å². The minimum atomic E-state index is 0.646. The Hall–Kier alpha value is -2.43. The van der Waals surface area contributed by atoms with Crippen molar-refractivity contribution in [1.29, 1.82) is 0 Å². The predicted molar refractivity (Wildman–Crippen MR) is 76.1 cm³/mol. The van der Waals surface area contributed by atoms with E-state index in [4.69, 9.17) is 10.5 Å². The van der Waals surface area contributed by atoms with Crippen LogP contribution in [-0.4, -0.2) is 21.5 Å². The third-order valence-corrected chi connectivity index (χ3v) is 3.45. The quantitative estimate of drug-likeness (QED) is 0.764. The van der Waals surface area contributed by atoms with E-state index in [1.165, 1.54) is 0 Å². The van der Waals surface area contributed by atoms with Gasteiger partial charge in [0, 0.05) is 25.5 Å². The Bertz CT molecular complexity index is 735. The summed E-state index contributed by atoms with van der Waals surface area (Å²) < 4.78 is 9.16. The van der Waals surface area contributed by atoms with E-state index >= 15 is 0 Å². The van der Waals surface area contributed by atoms with Gasteiger partial charge in [-0.25, -0.2) is 0 Å². The summed E-state index contributed by atoms with van der Waals surface area (Å²) in [5.74, 6) is 1.51. The number of ether oxygens (including phenoxy) is 1. The number of nitrogens with two attached hydrogens (primary N) is 1. The first-order valence-corrected chi connectivity index (χ1v) is 6.04. The second-order valence-electron chi connectivity index (χ2n) is 4.56. The van der Waals surface area contributed by atoms with Gasteiger partial charge in [0.05, 0.1) is 18.3 Å². The largest absolute Gasteiger partial charge is 0.496 e. The summed E-state index contributed by atoms with van der Waals surface area (Å²) >= 11 is 0. The normalized spacial score (nSPS) is 11.1. The highest BCUT2D eigenvalue weighted by Gasteiger charge is 2.13. The molecular weight excluding hydrogens is 240 g/mol. The number of rotatable bonds is 2. The third-order valence-electron chi connectivity index (χ3n) is 3.45. The van der Waals surface area contributed by atoms with Gasteiger partial charge in [-0.05, 0) is 18.2 Å². The van der Waals surface area contributed by atoms with Gasteiger partial charge in [0.1, 0.15) is 17.3 Å². The van der Waals surface area contributed by atoms with Crippen molar-refractivity contribution in [2.24, 2.45) is 14.1 Å². The number of methoxy groups -OCH3 is 1. The first-order chi connectivity index (χ1) is 9.11. The molecule has 2 aromatic heterocycles. The Morgan fingerprint density at radius 3 is 2.63 bits per heavy atom. The van der Waals surface area contributed by atoms with Gasteiger partial charge in [-0.15, -0.1) is 0 Å². The number of aryl methyl sites for hydroxylation is 2. The lowest BCUT2D eigenvalue weighted by Crippen LogP contribution is -1.97. The Balaban J connectivity index is 2.27. The number of nitrogen functional groups attached to an aromatic ring is 1. The molecule has 5 nitrogen and oxygen atoms in total. The molecule has 0 radical (unpaired) electrons. The molecule has 0 atom stereocenters. The molecule has 0 spiro atoms. The summed E-state index contributed by atoms with van der Waals surface area (Å²) in [6.07, 6.45) is 0. The zero-order valence-corrected chi connectivity index (χ0v) is 11.2. The Morgan fingerprint density at radius 2 is 2.00 bits per heavy atom. The van der Waals surface area contributed by atoms with Crippen LogP contribution in [-0.2, 0) is 14.1 Å². The lowest BCUT2D eigenvalue weighted by atomic mass is 10.2. The molecule has 5 heteroatoms. The number of hydrogen-bond donors (Lipinski definition) is 1. The average molecular weight is 256 g/mol. The molecule has 2 heterocycles. The standard InChI is InChI=1S/C14H16N4O/c1-17-11-5-4-6-13(19-3)9(11)7-12(17)10-8-14(15)18(2)16-10/h4-8H,15H2,1-3H3. The monoisotopic (exact) mass is 256 g/mol. The Kier molecular flexibility index (Phi) is 2.48. The molecule has 2 N–H and O–H groups in total. The minimum absolute atomic E-state index is 0.646. The van der Waals surface area contributed by atoms with Gasteiger partial charge >= 0.3 is 0 Å². The van der Waals surface area contributed by atoms with E-state index in [1.54, 1.807) is 11.8 Å². The first-order valence-electron chi connectivity index (χ1n) is 6.04. The highest BCUT2D eigenvalue weighted by Crippen LogP contribution is 2.32. The van der Waals surface area contributed by atoms with Gasteiger partial charge in [0.15, 0.2) is 0 Å². The summed E-state index contributed by atoms with van der Waals surface area (Å²) in [5.41, 5.74) is 8.84. The first kappa shape index (κ1) is 11.6. The van der Waals surface area contributed by atoms with Crippen LogP contribution in [0.25, 0.3) is 22.3 Å². The Morgan fingerprint density at radius 1 is 1.21 bits per heavy atom. The van der Waals surface area contributed by atoms with Crippen molar-refractivity contribution in [3.05, 3.63) is 30.3 Å². The van der Waals surface area contributed by atoms with Crippen molar-refractivity contribution in [2.45, 2.75) is 0 Å². The van der Waals surface area contributed by atoms with E-state index < -0.39 is 0 Å². The number of aromatic nitrogens is 3. The van der Waals surface area contributed by atoms with Crippen molar-refractivity contribution in [3.63, 3.8) is 0 Å². The summed E-state index contributed by atoms with van der Waals surface area (Å²) in [5, 5.41) is 5.50. The molecule has 1 aromatic carbocycles. The predicted octanol–water partition coefficient (Wildman–Crippen LogP) is 2.17. The number of anilines is 1. The summed E-state index contributed by atoms with van der Waals surface area (Å²) in [6, 6.07) is 9.96. The van der Waals surface area contributed by atoms with Crippen LogP contribution < -0.4 is 10.5 Å². The van der Waals surface area contributed by atoms with Crippen LogP contribution in [0.5, 0.6) is 5.75 Å². The lowest BCUT2D eigenvalue weighted by Gasteiger charge is -2.02. The second kappa shape index (κ2) is 4.05. The Labute approximate surface area is 111 Å². The second-order valence-corrected chi connectivity index (χ2v) is 4.56. The van der Waals surface area contributed by atoms with Crippen molar-refractivity contribution < 1.29 is 4.74 Å². The molecule has 0 amide bonds. The molecule has 3 aromatic rings. The molecule has 0 fully saturated rings. The van der Waals surface area contributed by atoms with Gasteiger partial charge in [0.25, 0.3) is 0 Å². The van der Waals surface area contributed by atoms with E-state index in [0.717, 1.165) is 28.0 Å². The van der Waals surface area contributed by atoms with Crippen molar-refractivity contribution >= 4 is 16.7 Å². The van der Waals surface area contributed by atoms with Crippen LogP contribution in [0.1, 0.15) is 0 Å². The fourth-order valence-corrected chi connectivity index (χ4v) is 2.36. The smallest absolute Gasteiger partial charge is 0.128 e. The van der Waals surface area contributed by atoms with Crippen LogP contribution >= 0.6 is 0 Å². The molecule has 98 valence electrons. The number of fused-ring (bicyclic) bond motifs is 1. The molecule has 0 aliphatic heterocycles. The zero-order chi connectivity index (χ0) is 13.6. The summed E-state index contributed by atoms with van der Waals surface area (Å²) in [6.45, 7) is 0. The maximum absolute atomic E-state index is 5.84. The fourth-order valence-electron chi connectivity index (χ4n) is 2.36. The summed E-state index contributed by atoms with van der Waals surface area (Å²) in [4.78, 5) is 0. The highest BCUT2D eigenvalue weighted by molar-refractivity contribution is 5.91. The zero-order valence-electron chi connectivity index (χ0n) is 11.2. The average Bonchev–Trinajstić information content (AvgIpc) is 2.91. The SMILES string of the molecule is COc1cccc2c1cc(-c1cc(N)n(C)n1)n2C. The maximum atomic E-state index is 5.84. The van der Waals surface area contributed by atoms with Gasteiger partial charge < -0.3 is 15.0 Å². The van der Waals surface area contributed by atoms with E-state index in [0.29, 0.717) is 5.82 Å². The molecular formula is C14H16N4O.